The summed E-state index contributed by atoms with van der Waals surface area (Å²) in [6, 6.07) is 57.6. The van der Waals surface area contributed by atoms with Crippen LogP contribution in [0.15, 0.2) is 193 Å². The molecule has 6 heterocycles. The van der Waals surface area contributed by atoms with Crippen LogP contribution in [-0.4, -0.2) is 91.2 Å². The third-order valence-electron chi connectivity index (χ3n) is 15.7. The minimum Gasteiger partial charge on any atom is -0.491 e. The predicted molar refractivity (Wildman–Crippen MR) is 315 cm³/mol. The van der Waals surface area contributed by atoms with Crippen LogP contribution in [-0.2, 0) is 71.5 Å². The molecule has 2 atom stereocenters. The van der Waals surface area contributed by atoms with E-state index >= 15 is 0 Å². The van der Waals surface area contributed by atoms with Crippen molar-refractivity contribution in [3.05, 3.63) is 226 Å². The molecule has 12 nitrogen and oxygen atoms in total. The summed E-state index contributed by atoms with van der Waals surface area (Å²) in [5.41, 5.74) is 6.00. The highest BCUT2D eigenvalue weighted by atomic mass is 16.6. The van der Waals surface area contributed by atoms with Gasteiger partial charge in [-0.15, -0.1) is 0 Å². The molecule has 12 rings (SSSR count). The summed E-state index contributed by atoms with van der Waals surface area (Å²) in [6.45, 7) is 7.41. The molecule has 0 fully saturated rings. The highest BCUT2D eigenvalue weighted by molar-refractivity contribution is 5.91. The van der Waals surface area contributed by atoms with E-state index in [1.807, 2.05) is 111 Å². The second kappa shape index (κ2) is 30.7. The quantitative estimate of drug-likeness (QED) is 0.156. The Balaban J connectivity index is 0.852. The standard InChI is InChI=1S/C70H80O12/c1-53-65-63(69(81-53,57-23-11-5-12-24-57)58-25-13-6-14-26-58)31-19-3-9-21-55-33-35-56(36-34-55)22-10-4-20-32-64-66(54(2)82-70(64,59-27-15-7-16-28-59)60-29-17-8-18-30-60)68(72)80-52-48-76-44-42-74-46-50-78-62-39-37-61(38-40-62)77-49-45-73-41-43-75-47-51-79-67(65)71/h5-8,11-18,23-30,33-40,63-64H,3-4,9-10,19-22,31-32,41-52H2,1-2H3. The molecule has 2 unspecified atom stereocenters. The number of carbonyl (C=O) groups is 2. The molecule has 6 aliphatic rings. The molecule has 6 aromatic rings. The van der Waals surface area contributed by atoms with E-state index in [1.165, 1.54) is 11.1 Å². The number of allylic oxidation sites excluding steroid dienone is 2. The van der Waals surface area contributed by atoms with Gasteiger partial charge in [-0.25, -0.2) is 9.59 Å². The van der Waals surface area contributed by atoms with E-state index in [-0.39, 0.29) is 50.2 Å². The predicted octanol–water partition coefficient (Wildman–Crippen LogP) is 13.2. The molecule has 0 aromatic heterocycles. The number of rotatable bonds is 4. The minimum absolute atomic E-state index is 0.106. The summed E-state index contributed by atoms with van der Waals surface area (Å²) >= 11 is 0. The molecule has 0 saturated heterocycles. The third kappa shape index (κ3) is 15.3. The molecule has 0 saturated carbocycles. The molecule has 0 radical (unpaired) electrons. The van der Waals surface area contributed by atoms with Crippen LogP contribution in [0.4, 0.5) is 0 Å². The number of ether oxygens (including phenoxy) is 10. The summed E-state index contributed by atoms with van der Waals surface area (Å²) in [6.07, 6.45) is 9.22. The Labute approximate surface area is 484 Å². The Kier molecular flexibility index (Phi) is 22.3. The average Bonchev–Trinajstić information content (AvgIpc) is 4.10. The number of hydrogen-bond acceptors (Lipinski definition) is 12. The molecule has 0 spiro atoms. The topological polar surface area (TPSA) is 126 Å². The van der Waals surface area contributed by atoms with Crippen LogP contribution in [0, 0.1) is 11.8 Å². The van der Waals surface area contributed by atoms with E-state index in [1.54, 1.807) is 0 Å². The van der Waals surface area contributed by atoms with Gasteiger partial charge < -0.3 is 47.4 Å². The van der Waals surface area contributed by atoms with Crippen molar-refractivity contribution in [1.82, 2.24) is 0 Å². The molecule has 6 aromatic carbocycles. The highest BCUT2D eigenvalue weighted by Gasteiger charge is 2.54. The van der Waals surface area contributed by atoms with E-state index in [2.05, 4.69) is 72.8 Å². The highest BCUT2D eigenvalue weighted by Crippen LogP contribution is 2.54. The maximum Gasteiger partial charge on any atom is 0.337 e. The van der Waals surface area contributed by atoms with Crippen molar-refractivity contribution in [2.24, 2.45) is 11.8 Å². The Morgan fingerprint density at radius 3 is 0.939 bits per heavy atom. The summed E-state index contributed by atoms with van der Waals surface area (Å²) in [7, 11) is 0. The Morgan fingerprint density at radius 1 is 0.329 bits per heavy atom. The van der Waals surface area contributed by atoms with Crippen LogP contribution in [0.2, 0.25) is 0 Å². The second-order valence-corrected chi connectivity index (χ2v) is 21.1. The first kappa shape index (κ1) is 59.4. The van der Waals surface area contributed by atoms with Gasteiger partial charge in [0, 0.05) is 34.1 Å². The fourth-order valence-electron chi connectivity index (χ4n) is 11.9. The van der Waals surface area contributed by atoms with Gasteiger partial charge in [0.1, 0.15) is 49.4 Å². The maximum absolute atomic E-state index is 14.2. The number of benzene rings is 6. The van der Waals surface area contributed by atoms with Crippen molar-refractivity contribution in [2.75, 3.05) is 79.3 Å². The van der Waals surface area contributed by atoms with Gasteiger partial charge in [-0.3, -0.25) is 0 Å². The van der Waals surface area contributed by atoms with Gasteiger partial charge >= 0.3 is 11.9 Å². The van der Waals surface area contributed by atoms with Gasteiger partial charge in [0.05, 0.1) is 64.0 Å². The fraction of sp³-hybridized carbons (Fsp3) is 0.400. The molecule has 0 N–H and O–H groups in total. The normalized spacial score (nSPS) is 21.0. The van der Waals surface area contributed by atoms with Crippen molar-refractivity contribution in [3.8, 4) is 11.5 Å². The number of hydrogen-bond donors (Lipinski definition) is 0. The van der Waals surface area contributed by atoms with Crippen molar-refractivity contribution < 1.29 is 57.0 Å². The summed E-state index contributed by atoms with van der Waals surface area (Å²) in [5, 5.41) is 0. The van der Waals surface area contributed by atoms with Gasteiger partial charge in [-0.05, 0) is 87.8 Å². The van der Waals surface area contributed by atoms with Crippen LogP contribution < -0.4 is 9.47 Å². The number of esters is 2. The van der Waals surface area contributed by atoms with E-state index in [0.717, 1.165) is 86.5 Å². The molecule has 0 aliphatic carbocycles. The lowest BCUT2D eigenvalue weighted by atomic mass is 9.72. The van der Waals surface area contributed by atoms with E-state index < -0.39 is 11.2 Å². The largest absolute Gasteiger partial charge is 0.491 e. The van der Waals surface area contributed by atoms with Crippen LogP contribution in [0.25, 0.3) is 0 Å². The van der Waals surface area contributed by atoms with Gasteiger partial charge in [0.2, 0.25) is 0 Å². The van der Waals surface area contributed by atoms with E-state index in [0.29, 0.717) is 87.0 Å². The Morgan fingerprint density at radius 2 is 0.622 bits per heavy atom. The lowest BCUT2D eigenvalue weighted by Gasteiger charge is -2.37. The Bertz CT molecular complexity index is 2660. The van der Waals surface area contributed by atoms with Crippen molar-refractivity contribution in [1.29, 1.82) is 0 Å². The molecular formula is C70H80O12. The lowest BCUT2D eigenvalue weighted by Crippen LogP contribution is -2.37. The van der Waals surface area contributed by atoms with Crippen molar-refractivity contribution in [3.63, 3.8) is 0 Å². The van der Waals surface area contributed by atoms with Gasteiger partial charge in [0.15, 0.2) is 11.2 Å². The monoisotopic (exact) mass is 1110 g/mol. The van der Waals surface area contributed by atoms with Gasteiger partial charge in [0.25, 0.3) is 0 Å². The van der Waals surface area contributed by atoms with E-state index in [9.17, 15) is 9.59 Å². The van der Waals surface area contributed by atoms with E-state index in [4.69, 9.17) is 47.4 Å². The lowest BCUT2D eigenvalue weighted by molar-refractivity contribution is -0.142. The summed E-state index contributed by atoms with van der Waals surface area (Å²) < 4.78 is 60.7. The minimum atomic E-state index is -0.894. The molecule has 6 aliphatic heterocycles. The zero-order valence-electron chi connectivity index (χ0n) is 47.8. The SMILES string of the molecule is CC1=C2C(=O)OCCOCCOCCOc3ccc(cc3)OCCOCCOCCOC(=O)C3=C(C)OC(c4ccccc4)(c4ccccc4)C3CCCCCc3ccc(cc3)CCCCCC2C(c2ccccc2)(c2ccccc2)O1. The zero-order chi connectivity index (χ0) is 56.7. The molecule has 432 valence electrons. The first-order chi connectivity index (χ1) is 40.4. The first-order valence-electron chi connectivity index (χ1n) is 29.5. The molecule has 12 heteroatoms. The van der Waals surface area contributed by atoms with Crippen LogP contribution in [0.5, 0.6) is 11.5 Å². The molecular weight excluding hydrogens is 1030 g/mol. The Hall–Kier alpha value is -7.22. The van der Waals surface area contributed by atoms with Gasteiger partial charge in [-0.1, -0.05) is 171 Å². The molecule has 4 bridgehead atoms. The van der Waals surface area contributed by atoms with Crippen LogP contribution >= 0.6 is 0 Å². The van der Waals surface area contributed by atoms with Crippen molar-refractivity contribution >= 4 is 11.9 Å². The molecule has 0 amide bonds. The van der Waals surface area contributed by atoms with Crippen molar-refractivity contribution in [2.45, 2.75) is 89.3 Å². The summed E-state index contributed by atoms with van der Waals surface area (Å²) in [4.78, 5) is 28.4. The number of carbonyl (C=O) groups excluding carboxylic acids is 2. The third-order valence-corrected chi connectivity index (χ3v) is 15.7. The fourth-order valence-corrected chi connectivity index (χ4v) is 11.9. The summed E-state index contributed by atoms with van der Waals surface area (Å²) in [5.74, 6) is 1.26. The van der Waals surface area contributed by atoms with Crippen LogP contribution in [0.1, 0.15) is 98.6 Å². The maximum atomic E-state index is 14.2. The van der Waals surface area contributed by atoms with Gasteiger partial charge in [-0.2, -0.15) is 0 Å². The smallest absolute Gasteiger partial charge is 0.337 e. The zero-order valence-corrected chi connectivity index (χ0v) is 47.8. The number of aryl methyl sites for hydroxylation is 2. The van der Waals surface area contributed by atoms with Crippen LogP contribution in [0.3, 0.4) is 0 Å². The average molecular weight is 1110 g/mol. The second-order valence-electron chi connectivity index (χ2n) is 21.1. The first-order valence-corrected chi connectivity index (χ1v) is 29.5. The molecule has 82 heavy (non-hydrogen) atoms.